The summed E-state index contributed by atoms with van der Waals surface area (Å²) in [5.41, 5.74) is 4.00. The maximum Gasteiger partial charge on any atom is 0.248 e. The zero-order valence-electron chi connectivity index (χ0n) is 14.1. The summed E-state index contributed by atoms with van der Waals surface area (Å²) in [5, 5.41) is 2.88. The van der Waals surface area contributed by atoms with Crippen LogP contribution in [0.2, 0.25) is 0 Å². The summed E-state index contributed by atoms with van der Waals surface area (Å²) in [6.45, 7) is 8.00. The predicted octanol–water partition coefficient (Wildman–Crippen LogP) is 4.74. The second kappa shape index (κ2) is 7.63. The molecule has 0 aliphatic rings. The average molecular weight is 309 g/mol. The van der Waals surface area contributed by atoms with Crippen LogP contribution in [0.1, 0.15) is 30.5 Å². The standard InChI is InChI=1S/C20H23NO2/c1-14(2)23-19-7-5-6-17(13-19)8-9-20(22)21-18-11-15(3)10-16(4)12-18/h5-14H,1-4H3,(H,21,22)/b9-8+. The minimum atomic E-state index is -0.148. The molecule has 0 atom stereocenters. The first-order chi connectivity index (χ1) is 10.9. The van der Waals surface area contributed by atoms with Gasteiger partial charge in [-0.15, -0.1) is 0 Å². The van der Waals surface area contributed by atoms with Crippen molar-refractivity contribution in [2.75, 3.05) is 5.32 Å². The molecule has 0 heterocycles. The first-order valence-electron chi connectivity index (χ1n) is 7.76. The van der Waals surface area contributed by atoms with Crippen LogP contribution in [0, 0.1) is 13.8 Å². The van der Waals surface area contributed by atoms with E-state index in [4.69, 9.17) is 4.74 Å². The van der Waals surface area contributed by atoms with E-state index in [9.17, 15) is 4.79 Å². The average Bonchev–Trinajstić information content (AvgIpc) is 2.43. The van der Waals surface area contributed by atoms with Gasteiger partial charge in [-0.2, -0.15) is 0 Å². The van der Waals surface area contributed by atoms with Crippen LogP contribution < -0.4 is 10.1 Å². The fraction of sp³-hybridized carbons (Fsp3) is 0.250. The molecular weight excluding hydrogens is 286 g/mol. The van der Waals surface area contributed by atoms with Crippen LogP contribution in [0.4, 0.5) is 5.69 Å². The number of ether oxygens (including phenoxy) is 1. The molecule has 0 saturated carbocycles. The van der Waals surface area contributed by atoms with Crippen molar-refractivity contribution in [2.24, 2.45) is 0 Å². The Kier molecular flexibility index (Phi) is 5.58. The zero-order chi connectivity index (χ0) is 16.8. The van der Waals surface area contributed by atoms with E-state index < -0.39 is 0 Å². The summed E-state index contributed by atoms with van der Waals surface area (Å²) < 4.78 is 5.65. The van der Waals surface area contributed by atoms with Gasteiger partial charge in [0.05, 0.1) is 6.10 Å². The van der Waals surface area contributed by atoms with E-state index in [0.29, 0.717) is 0 Å². The summed E-state index contributed by atoms with van der Waals surface area (Å²) in [4.78, 5) is 12.0. The van der Waals surface area contributed by atoms with Gasteiger partial charge >= 0.3 is 0 Å². The van der Waals surface area contributed by atoms with Crippen LogP contribution >= 0.6 is 0 Å². The van der Waals surface area contributed by atoms with Crippen LogP contribution in [0.5, 0.6) is 5.75 Å². The Hall–Kier alpha value is -2.55. The van der Waals surface area contributed by atoms with Crippen molar-refractivity contribution in [2.45, 2.75) is 33.8 Å². The van der Waals surface area contributed by atoms with Crippen molar-refractivity contribution < 1.29 is 9.53 Å². The second-order valence-corrected chi connectivity index (χ2v) is 5.94. The van der Waals surface area contributed by atoms with Crippen molar-refractivity contribution in [3.8, 4) is 5.75 Å². The normalized spacial score (nSPS) is 11.0. The Balaban J connectivity index is 2.03. The minimum absolute atomic E-state index is 0.127. The zero-order valence-corrected chi connectivity index (χ0v) is 14.1. The molecule has 2 rings (SSSR count). The lowest BCUT2D eigenvalue weighted by Gasteiger charge is -2.09. The van der Waals surface area contributed by atoms with Crippen LogP contribution in [-0.4, -0.2) is 12.0 Å². The molecule has 3 heteroatoms. The summed E-state index contributed by atoms with van der Waals surface area (Å²) >= 11 is 0. The number of rotatable bonds is 5. The highest BCUT2D eigenvalue weighted by molar-refractivity contribution is 6.02. The SMILES string of the molecule is Cc1cc(C)cc(NC(=O)/C=C/c2cccc(OC(C)C)c2)c1. The number of nitrogens with one attached hydrogen (secondary N) is 1. The maximum absolute atomic E-state index is 12.0. The number of benzene rings is 2. The molecule has 0 aromatic heterocycles. The van der Waals surface area contributed by atoms with E-state index in [-0.39, 0.29) is 12.0 Å². The molecule has 0 unspecified atom stereocenters. The van der Waals surface area contributed by atoms with E-state index in [1.165, 1.54) is 6.08 Å². The van der Waals surface area contributed by atoms with Crippen LogP contribution in [0.3, 0.4) is 0 Å². The molecule has 2 aromatic carbocycles. The highest BCUT2D eigenvalue weighted by Gasteiger charge is 2.01. The number of anilines is 1. The molecule has 0 bridgehead atoms. The molecule has 0 aliphatic heterocycles. The van der Waals surface area contributed by atoms with Crippen molar-refractivity contribution in [3.05, 3.63) is 65.2 Å². The van der Waals surface area contributed by atoms with Crippen molar-refractivity contribution >= 4 is 17.7 Å². The molecule has 3 nitrogen and oxygen atoms in total. The Morgan fingerprint density at radius 3 is 2.43 bits per heavy atom. The lowest BCUT2D eigenvalue weighted by Crippen LogP contribution is -2.08. The van der Waals surface area contributed by atoms with Gasteiger partial charge in [-0.1, -0.05) is 18.2 Å². The van der Waals surface area contributed by atoms with Gasteiger partial charge in [-0.25, -0.2) is 0 Å². The molecule has 0 saturated heterocycles. The first kappa shape index (κ1) is 16.8. The van der Waals surface area contributed by atoms with Gasteiger partial charge in [0.25, 0.3) is 0 Å². The molecule has 0 fully saturated rings. The summed E-state index contributed by atoms with van der Waals surface area (Å²) in [6.07, 6.45) is 3.44. The molecule has 0 spiro atoms. The Morgan fingerprint density at radius 2 is 1.78 bits per heavy atom. The monoisotopic (exact) mass is 309 g/mol. The van der Waals surface area contributed by atoms with Gasteiger partial charge in [-0.05, 0) is 74.7 Å². The fourth-order valence-corrected chi connectivity index (χ4v) is 2.37. The summed E-state index contributed by atoms with van der Waals surface area (Å²) in [6, 6.07) is 13.7. The lowest BCUT2D eigenvalue weighted by molar-refractivity contribution is -0.111. The molecule has 23 heavy (non-hydrogen) atoms. The predicted molar refractivity (Wildman–Crippen MR) is 95.8 cm³/mol. The topological polar surface area (TPSA) is 38.3 Å². The molecule has 120 valence electrons. The van der Waals surface area contributed by atoms with E-state index in [1.54, 1.807) is 6.08 Å². The number of hydrogen-bond acceptors (Lipinski definition) is 2. The largest absolute Gasteiger partial charge is 0.491 e. The van der Waals surface area contributed by atoms with Crippen molar-refractivity contribution in [3.63, 3.8) is 0 Å². The quantitative estimate of drug-likeness (QED) is 0.810. The van der Waals surface area contributed by atoms with Crippen molar-refractivity contribution in [1.82, 2.24) is 0 Å². The van der Waals surface area contributed by atoms with E-state index in [1.807, 2.05) is 64.1 Å². The molecule has 1 amide bonds. The smallest absolute Gasteiger partial charge is 0.248 e. The van der Waals surface area contributed by atoms with Crippen molar-refractivity contribution in [1.29, 1.82) is 0 Å². The number of hydrogen-bond donors (Lipinski definition) is 1. The molecular formula is C20H23NO2. The number of carbonyl (C=O) groups excluding carboxylic acids is 1. The van der Waals surface area contributed by atoms with Gasteiger partial charge < -0.3 is 10.1 Å². The van der Waals surface area contributed by atoms with Gasteiger partial charge in [0, 0.05) is 11.8 Å². The minimum Gasteiger partial charge on any atom is -0.491 e. The lowest BCUT2D eigenvalue weighted by atomic mass is 10.1. The number of aryl methyl sites for hydroxylation is 2. The Bertz CT molecular complexity index is 697. The third-order valence-corrected chi connectivity index (χ3v) is 3.15. The third kappa shape index (κ3) is 5.62. The summed E-state index contributed by atoms with van der Waals surface area (Å²) in [5.74, 6) is 0.655. The molecule has 1 N–H and O–H groups in total. The third-order valence-electron chi connectivity index (χ3n) is 3.15. The Morgan fingerprint density at radius 1 is 1.09 bits per heavy atom. The molecule has 0 radical (unpaired) electrons. The van der Waals surface area contributed by atoms with Crippen LogP contribution in [0.15, 0.2) is 48.5 Å². The number of amides is 1. The van der Waals surface area contributed by atoms with Gasteiger partial charge in [0.1, 0.15) is 5.75 Å². The van der Waals surface area contributed by atoms with E-state index in [2.05, 4.69) is 11.4 Å². The highest BCUT2D eigenvalue weighted by Crippen LogP contribution is 2.17. The highest BCUT2D eigenvalue weighted by atomic mass is 16.5. The van der Waals surface area contributed by atoms with Gasteiger partial charge in [0.2, 0.25) is 5.91 Å². The first-order valence-corrected chi connectivity index (χ1v) is 7.76. The molecule has 0 aliphatic carbocycles. The van der Waals surface area contributed by atoms with E-state index >= 15 is 0 Å². The van der Waals surface area contributed by atoms with Crippen LogP contribution in [-0.2, 0) is 4.79 Å². The Labute approximate surface area is 138 Å². The molecule has 2 aromatic rings. The van der Waals surface area contributed by atoms with Crippen LogP contribution in [0.25, 0.3) is 6.08 Å². The van der Waals surface area contributed by atoms with Gasteiger partial charge in [0.15, 0.2) is 0 Å². The maximum atomic E-state index is 12.0. The van der Waals surface area contributed by atoms with E-state index in [0.717, 1.165) is 28.1 Å². The van der Waals surface area contributed by atoms with Gasteiger partial charge in [-0.3, -0.25) is 4.79 Å². The number of carbonyl (C=O) groups is 1. The fourth-order valence-electron chi connectivity index (χ4n) is 2.37. The second-order valence-electron chi connectivity index (χ2n) is 5.94. The summed E-state index contributed by atoms with van der Waals surface area (Å²) in [7, 11) is 0.